The van der Waals surface area contributed by atoms with Gasteiger partial charge in [-0.25, -0.2) is 0 Å². The Labute approximate surface area is 127 Å². The van der Waals surface area contributed by atoms with E-state index in [1.54, 1.807) is 30.5 Å². The van der Waals surface area contributed by atoms with Crippen molar-refractivity contribution in [1.29, 1.82) is 5.26 Å². The monoisotopic (exact) mass is 295 g/mol. The second-order valence-electron chi connectivity index (χ2n) is 4.64. The van der Waals surface area contributed by atoms with Gasteiger partial charge in [0.05, 0.1) is 24.0 Å². The summed E-state index contributed by atoms with van der Waals surface area (Å²) in [5, 5.41) is 11.3. The molecule has 110 valence electrons. The molecule has 0 saturated heterocycles. The minimum absolute atomic E-state index is 0.0165. The van der Waals surface area contributed by atoms with Crippen LogP contribution >= 0.6 is 0 Å². The molecule has 0 aliphatic carbocycles. The van der Waals surface area contributed by atoms with Crippen LogP contribution in [0, 0.1) is 11.3 Å². The zero-order chi connectivity index (χ0) is 15.4. The largest absolute Gasteiger partial charge is 0.491 e. The van der Waals surface area contributed by atoms with E-state index in [9.17, 15) is 4.79 Å². The van der Waals surface area contributed by atoms with Gasteiger partial charge in [-0.3, -0.25) is 9.78 Å². The molecule has 0 atom stereocenters. The van der Waals surface area contributed by atoms with E-state index in [2.05, 4.69) is 10.3 Å². The first kappa shape index (κ1) is 13.9. The molecular weight excluding hydrogens is 282 g/mol. The number of hydrogen-bond acceptors (Lipinski definition) is 5. The third-order valence-electron chi connectivity index (χ3n) is 3.20. The summed E-state index contributed by atoms with van der Waals surface area (Å²) in [6.45, 7) is 0.935. The van der Waals surface area contributed by atoms with Gasteiger partial charge >= 0.3 is 0 Å². The van der Waals surface area contributed by atoms with Crippen LogP contribution in [0.25, 0.3) is 11.3 Å². The predicted molar refractivity (Wildman–Crippen MR) is 78.6 cm³/mol. The lowest BCUT2D eigenvalue weighted by Gasteiger charge is -2.08. The molecule has 22 heavy (non-hydrogen) atoms. The number of ether oxygens (including phenoxy) is 2. The van der Waals surface area contributed by atoms with E-state index in [0.29, 0.717) is 35.9 Å². The number of pyridine rings is 1. The van der Waals surface area contributed by atoms with Gasteiger partial charge in [-0.15, -0.1) is 0 Å². The van der Waals surface area contributed by atoms with Crippen molar-refractivity contribution in [3.63, 3.8) is 0 Å². The average Bonchev–Trinajstić information content (AvgIpc) is 2.75. The standard InChI is InChI=1S/C16H13N3O3/c17-5-7-21-12-2-3-14(19-10-12)11-1-4-15-13(9-11)16(20)18-6-8-22-15/h1-4,9-10H,6-8H2,(H,18,20). The van der Waals surface area contributed by atoms with Gasteiger partial charge in [-0.1, -0.05) is 0 Å². The highest BCUT2D eigenvalue weighted by Crippen LogP contribution is 2.27. The van der Waals surface area contributed by atoms with Crippen LogP contribution in [0.3, 0.4) is 0 Å². The van der Waals surface area contributed by atoms with Crippen LogP contribution in [0.15, 0.2) is 36.5 Å². The lowest BCUT2D eigenvalue weighted by molar-refractivity contribution is 0.0957. The van der Waals surface area contributed by atoms with Crippen molar-refractivity contribution in [3.05, 3.63) is 42.1 Å². The van der Waals surface area contributed by atoms with E-state index in [0.717, 1.165) is 5.56 Å². The number of amides is 1. The van der Waals surface area contributed by atoms with Crippen molar-refractivity contribution in [3.8, 4) is 28.8 Å². The highest BCUT2D eigenvalue weighted by Gasteiger charge is 2.17. The maximum atomic E-state index is 12.0. The average molecular weight is 295 g/mol. The molecule has 6 heteroatoms. The van der Waals surface area contributed by atoms with Crippen molar-refractivity contribution < 1.29 is 14.3 Å². The number of nitriles is 1. The molecule has 0 unspecified atom stereocenters. The van der Waals surface area contributed by atoms with Crippen LogP contribution in [-0.4, -0.2) is 30.6 Å². The van der Waals surface area contributed by atoms with Gasteiger partial charge in [0, 0.05) is 5.56 Å². The normalized spacial score (nSPS) is 13.1. The van der Waals surface area contributed by atoms with Crippen LogP contribution in [-0.2, 0) is 0 Å². The fourth-order valence-corrected chi connectivity index (χ4v) is 2.17. The van der Waals surface area contributed by atoms with Gasteiger partial charge in [-0.2, -0.15) is 5.26 Å². The second kappa shape index (κ2) is 6.14. The highest BCUT2D eigenvalue weighted by molar-refractivity contribution is 5.98. The van der Waals surface area contributed by atoms with E-state index in [1.807, 2.05) is 12.1 Å². The number of benzene rings is 1. The molecule has 6 nitrogen and oxygen atoms in total. The number of fused-ring (bicyclic) bond motifs is 1. The maximum Gasteiger partial charge on any atom is 0.255 e. The summed E-state index contributed by atoms with van der Waals surface area (Å²) in [6, 6.07) is 10.8. The van der Waals surface area contributed by atoms with Crippen LogP contribution in [0.4, 0.5) is 0 Å². The van der Waals surface area contributed by atoms with Crippen molar-refractivity contribution >= 4 is 5.91 Å². The van der Waals surface area contributed by atoms with E-state index in [-0.39, 0.29) is 12.5 Å². The zero-order valence-electron chi connectivity index (χ0n) is 11.7. The third kappa shape index (κ3) is 2.83. The maximum absolute atomic E-state index is 12.0. The number of nitrogens with one attached hydrogen (secondary N) is 1. The Hall–Kier alpha value is -3.07. The molecule has 0 fully saturated rings. The van der Waals surface area contributed by atoms with Crippen molar-refractivity contribution in [2.24, 2.45) is 0 Å². The number of rotatable bonds is 3. The van der Waals surface area contributed by atoms with Crippen molar-refractivity contribution in [2.45, 2.75) is 0 Å². The molecule has 1 aliphatic rings. The molecule has 1 amide bonds. The topological polar surface area (TPSA) is 84.2 Å². The summed E-state index contributed by atoms with van der Waals surface area (Å²) in [7, 11) is 0. The summed E-state index contributed by atoms with van der Waals surface area (Å²) in [6.07, 6.45) is 1.55. The number of nitrogens with zero attached hydrogens (tertiary/aromatic N) is 2. The van der Waals surface area contributed by atoms with Gasteiger partial charge in [0.15, 0.2) is 6.61 Å². The molecule has 1 aromatic carbocycles. The molecule has 0 spiro atoms. The smallest absolute Gasteiger partial charge is 0.255 e. The molecule has 2 heterocycles. The minimum Gasteiger partial charge on any atom is -0.491 e. The molecule has 1 aromatic heterocycles. The third-order valence-corrected chi connectivity index (χ3v) is 3.20. The van der Waals surface area contributed by atoms with E-state index in [4.69, 9.17) is 14.7 Å². The molecule has 1 N–H and O–H groups in total. The Morgan fingerprint density at radius 2 is 2.27 bits per heavy atom. The second-order valence-corrected chi connectivity index (χ2v) is 4.64. The number of hydrogen-bond donors (Lipinski definition) is 1. The SMILES string of the molecule is N#CCOc1ccc(-c2ccc3c(c2)C(=O)NCCO3)nc1. The Morgan fingerprint density at radius 3 is 3.05 bits per heavy atom. The summed E-state index contributed by atoms with van der Waals surface area (Å²) in [4.78, 5) is 16.3. The fourth-order valence-electron chi connectivity index (χ4n) is 2.17. The lowest BCUT2D eigenvalue weighted by Crippen LogP contribution is -2.24. The van der Waals surface area contributed by atoms with Gasteiger partial charge < -0.3 is 14.8 Å². The first-order chi connectivity index (χ1) is 10.8. The van der Waals surface area contributed by atoms with E-state index in [1.165, 1.54) is 0 Å². The van der Waals surface area contributed by atoms with Crippen molar-refractivity contribution in [2.75, 3.05) is 19.8 Å². The molecular formula is C16H13N3O3. The number of carbonyl (C=O) groups excluding carboxylic acids is 1. The van der Waals surface area contributed by atoms with Crippen LogP contribution < -0.4 is 14.8 Å². The quantitative estimate of drug-likeness (QED) is 0.933. The first-order valence-corrected chi connectivity index (χ1v) is 6.79. The van der Waals surface area contributed by atoms with E-state index >= 15 is 0 Å². The molecule has 1 aliphatic heterocycles. The van der Waals surface area contributed by atoms with Gasteiger partial charge in [-0.05, 0) is 30.3 Å². The molecule has 0 saturated carbocycles. The Morgan fingerprint density at radius 1 is 1.36 bits per heavy atom. The van der Waals surface area contributed by atoms with Gasteiger partial charge in [0.2, 0.25) is 0 Å². The Bertz CT molecular complexity index is 735. The van der Waals surface area contributed by atoms with Crippen molar-refractivity contribution in [1.82, 2.24) is 10.3 Å². The minimum atomic E-state index is -0.150. The number of carbonyl (C=O) groups is 1. The molecule has 0 radical (unpaired) electrons. The Balaban J connectivity index is 1.89. The Kier molecular flexibility index (Phi) is 3.88. The molecule has 0 bridgehead atoms. The predicted octanol–water partition coefficient (Wildman–Crippen LogP) is 1.77. The summed E-state index contributed by atoms with van der Waals surface area (Å²) in [5.41, 5.74) is 2.02. The summed E-state index contributed by atoms with van der Waals surface area (Å²) in [5.74, 6) is 0.956. The molecule has 2 aromatic rings. The van der Waals surface area contributed by atoms with Crippen LogP contribution in [0.5, 0.6) is 11.5 Å². The highest BCUT2D eigenvalue weighted by atomic mass is 16.5. The van der Waals surface area contributed by atoms with Gasteiger partial charge in [0.1, 0.15) is 24.2 Å². The summed E-state index contributed by atoms with van der Waals surface area (Å²) >= 11 is 0. The number of aromatic nitrogens is 1. The van der Waals surface area contributed by atoms with Crippen LogP contribution in [0.1, 0.15) is 10.4 Å². The molecule has 3 rings (SSSR count). The first-order valence-electron chi connectivity index (χ1n) is 6.79. The van der Waals surface area contributed by atoms with E-state index < -0.39 is 0 Å². The van der Waals surface area contributed by atoms with Gasteiger partial charge in [0.25, 0.3) is 5.91 Å². The summed E-state index contributed by atoms with van der Waals surface area (Å²) < 4.78 is 10.7. The zero-order valence-corrected chi connectivity index (χ0v) is 11.7. The fraction of sp³-hybridized carbons (Fsp3) is 0.188. The lowest BCUT2D eigenvalue weighted by atomic mass is 10.1. The van der Waals surface area contributed by atoms with Crippen LogP contribution in [0.2, 0.25) is 0 Å².